The first-order valence-electron chi connectivity index (χ1n) is 8.05. The van der Waals surface area contributed by atoms with Crippen LogP contribution in [-0.2, 0) is 13.1 Å². The number of nitrogens with zero attached hydrogens (tertiary/aromatic N) is 3. The Labute approximate surface area is 123 Å². The molecular weight excluding hydrogens is 246 g/mol. The summed E-state index contributed by atoms with van der Waals surface area (Å²) in [5.74, 6) is 0. The van der Waals surface area contributed by atoms with E-state index in [1.54, 1.807) is 0 Å². The monoisotopic (exact) mass is 275 g/mol. The number of aromatic nitrogens is 2. The number of allylic oxidation sites excluding steroid dienone is 1. The Morgan fingerprint density at radius 1 is 1.50 bits per heavy atom. The highest BCUT2D eigenvalue weighted by Gasteiger charge is 2.26. The van der Waals surface area contributed by atoms with Gasteiger partial charge < -0.3 is 0 Å². The molecule has 1 saturated carbocycles. The SMILES string of the molecule is C=CCn1ncc(CN(C2CCCC2)[C@H](C)CC)c1C. The van der Waals surface area contributed by atoms with E-state index < -0.39 is 0 Å². The van der Waals surface area contributed by atoms with Gasteiger partial charge in [0, 0.05) is 29.9 Å². The van der Waals surface area contributed by atoms with Crippen LogP contribution in [0.25, 0.3) is 0 Å². The van der Waals surface area contributed by atoms with Crippen molar-refractivity contribution in [3.05, 3.63) is 30.1 Å². The van der Waals surface area contributed by atoms with Crippen LogP contribution in [0.15, 0.2) is 18.9 Å². The van der Waals surface area contributed by atoms with Crippen LogP contribution in [-0.4, -0.2) is 26.8 Å². The van der Waals surface area contributed by atoms with Crippen molar-refractivity contribution in [2.45, 2.75) is 78.0 Å². The van der Waals surface area contributed by atoms with Crippen LogP contribution in [0.4, 0.5) is 0 Å². The van der Waals surface area contributed by atoms with E-state index in [0.29, 0.717) is 6.04 Å². The van der Waals surface area contributed by atoms with Gasteiger partial charge in [-0.25, -0.2) is 0 Å². The topological polar surface area (TPSA) is 21.1 Å². The Morgan fingerprint density at radius 3 is 2.80 bits per heavy atom. The first-order valence-corrected chi connectivity index (χ1v) is 8.05. The van der Waals surface area contributed by atoms with Crippen molar-refractivity contribution in [3.8, 4) is 0 Å². The fraction of sp³-hybridized carbons (Fsp3) is 0.706. The van der Waals surface area contributed by atoms with E-state index in [1.807, 2.05) is 17.0 Å². The van der Waals surface area contributed by atoms with Gasteiger partial charge in [0.15, 0.2) is 0 Å². The zero-order chi connectivity index (χ0) is 14.5. The van der Waals surface area contributed by atoms with Crippen molar-refractivity contribution in [2.24, 2.45) is 0 Å². The lowest BCUT2D eigenvalue weighted by Gasteiger charge is -2.34. The quantitative estimate of drug-likeness (QED) is 0.703. The zero-order valence-electron chi connectivity index (χ0n) is 13.3. The molecule has 3 heteroatoms. The maximum Gasteiger partial charge on any atom is 0.0590 e. The molecule has 0 aliphatic heterocycles. The standard InChI is InChI=1S/C17H29N3/c1-5-11-20-15(4)16(12-18-20)13-19(14(3)6-2)17-9-7-8-10-17/h5,12,14,17H,1,6-11,13H2,2-4H3/t14-/m1/s1. The van der Waals surface area contributed by atoms with E-state index in [1.165, 1.54) is 43.4 Å². The molecule has 112 valence electrons. The number of hydrogen-bond acceptors (Lipinski definition) is 2. The summed E-state index contributed by atoms with van der Waals surface area (Å²) in [6, 6.07) is 1.42. The predicted octanol–water partition coefficient (Wildman–Crippen LogP) is 3.92. The molecule has 0 saturated heterocycles. The van der Waals surface area contributed by atoms with Gasteiger partial charge in [-0.1, -0.05) is 25.8 Å². The Kier molecular flexibility index (Phi) is 5.41. The smallest absolute Gasteiger partial charge is 0.0590 e. The van der Waals surface area contributed by atoms with E-state index in [4.69, 9.17) is 0 Å². The summed E-state index contributed by atoms with van der Waals surface area (Å²) in [7, 11) is 0. The Hall–Kier alpha value is -1.09. The lowest BCUT2D eigenvalue weighted by Crippen LogP contribution is -2.39. The van der Waals surface area contributed by atoms with Crippen LogP contribution >= 0.6 is 0 Å². The number of hydrogen-bond donors (Lipinski definition) is 0. The molecule has 0 spiro atoms. The largest absolute Gasteiger partial charge is 0.293 e. The van der Waals surface area contributed by atoms with E-state index in [2.05, 4.69) is 37.3 Å². The maximum atomic E-state index is 4.49. The molecule has 1 atom stereocenters. The van der Waals surface area contributed by atoms with Crippen molar-refractivity contribution in [1.82, 2.24) is 14.7 Å². The van der Waals surface area contributed by atoms with Gasteiger partial charge in [0.05, 0.1) is 12.7 Å². The highest BCUT2D eigenvalue weighted by atomic mass is 15.3. The predicted molar refractivity (Wildman–Crippen MR) is 84.7 cm³/mol. The van der Waals surface area contributed by atoms with Gasteiger partial charge in [0.25, 0.3) is 0 Å². The summed E-state index contributed by atoms with van der Waals surface area (Å²) in [5.41, 5.74) is 2.66. The maximum absolute atomic E-state index is 4.49. The van der Waals surface area contributed by atoms with Gasteiger partial charge in [0.1, 0.15) is 0 Å². The van der Waals surface area contributed by atoms with Gasteiger partial charge >= 0.3 is 0 Å². The van der Waals surface area contributed by atoms with Crippen LogP contribution in [0.3, 0.4) is 0 Å². The second-order valence-electron chi connectivity index (χ2n) is 6.09. The van der Waals surface area contributed by atoms with Crippen LogP contribution in [0, 0.1) is 6.92 Å². The molecule has 1 fully saturated rings. The molecule has 0 amide bonds. The Morgan fingerprint density at radius 2 is 2.20 bits per heavy atom. The molecule has 1 aliphatic rings. The van der Waals surface area contributed by atoms with Crippen molar-refractivity contribution in [3.63, 3.8) is 0 Å². The van der Waals surface area contributed by atoms with Crippen molar-refractivity contribution in [1.29, 1.82) is 0 Å². The van der Waals surface area contributed by atoms with Crippen LogP contribution in [0.1, 0.15) is 57.2 Å². The highest BCUT2D eigenvalue weighted by molar-refractivity contribution is 5.16. The molecule has 1 aromatic rings. The highest BCUT2D eigenvalue weighted by Crippen LogP contribution is 2.28. The van der Waals surface area contributed by atoms with Gasteiger partial charge in [-0.15, -0.1) is 6.58 Å². The van der Waals surface area contributed by atoms with Gasteiger partial charge in [-0.2, -0.15) is 5.10 Å². The van der Waals surface area contributed by atoms with Crippen molar-refractivity contribution >= 4 is 0 Å². The third-order valence-corrected chi connectivity index (χ3v) is 4.81. The fourth-order valence-electron chi connectivity index (χ4n) is 3.26. The molecule has 0 unspecified atom stereocenters. The van der Waals surface area contributed by atoms with Crippen molar-refractivity contribution < 1.29 is 0 Å². The lowest BCUT2D eigenvalue weighted by molar-refractivity contribution is 0.132. The van der Waals surface area contributed by atoms with E-state index in [0.717, 1.165) is 19.1 Å². The van der Waals surface area contributed by atoms with Crippen LogP contribution in [0.5, 0.6) is 0 Å². The summed E-state index contributed by atoms with van der Waals surface area (Å²) >= 11 is 0. The molecule has 1 aromatic heterocycles. The van der Waals surface area contributed by atoms with Crippen LogP contribution < -0.4 is 0 Å². The second-order valence-corrected chi connectivity index (χ2v) is 6.09. The molecule has 0 radical (unpaired) electrons. The molecular formula is C17H29N3. The average molecular weight is 275 g/mol. The van der Waals surface area contributed by atoms with E-state index in [-0.39, 0.29) is 0 Å². The third-order valence-electron chi connectivity index (χ3n) is 4.81. The molecule has 20 heavy (non-hydrogen) atoms. The molecule has 1 heterocycles. The molecule has 3 nitrogen and oxygen atoms in total. The molecule has 2 rings (SSSR count). The zero-order valence-corrected chi connectivity index (χ0v) is 13.3. The summed E-state index contributed by atoms with van der Waals surface area (Å²) in [6.07, 6.45) is 10.7. The lowest BCUT2D eigenvalue weighted by atomic mass is 10.1. The molecule has 0 aromatic carbocycles. The van der Waals surface area contributed by atoms with Gasteiger partial charge in [-0.05, 0) is 33.1 Å². The molecule has 0 bridgehead atoms. The van der Waals surface area contributed by atoms with Gasteiger partial charge in [-0.3, -0.25) is 9.58 Å². The van der Waals surface area contributed by atoms with E-state index in [9.17, 15) is 0 Å². The summed E-state index contributed by atoms with van der Waals surface area (Å²) in [5, 5.41) is 4.49. The van der Waals surface area contributed by atoms with Crippen LogP contribution in [0.2, 0.25) is 0 Å². The average Bonchev–Trinajstić information content (AvgIpc) is 3.08. The van der Waals surface area contributed by atoms with Gasteiger partial charge in [0.2, 0.25) is 0 Å². The first kappa shape index (κ1) is 15.3. The molecule has 1 aliphatic carbocycles. The van der Waals surface area contributed by atoms with E-state index >= 15 is 0 Å². The summed E-state index contributed by atoms with van der Waals surface area (Å²) in [6.45, 7) is 12.5. The minimum atomic E-state index is 0.653. The summed E-state index contributed by atoms with van der Waals surface area (Å²) in [4.78, 5) is 2.70. The second kappa shape index (κ2) is 7.07. The normalized spacial score (nSPS) is 17.8. The Balaban J connectivity index is 2.12. The first-order chi connectivity index (χ1) is 9.67. The minimum Gasteiger partial charge on any atom is -0.293 e. The number of rotatable bonds is 7. The minimum absolute atomic E-state index is 0.653. The Bertz CT molecular complexity index is 429. The summed E-state index contributed by atoms with van der Waals surface area (Å²) < 4.78 is 2.05. The molecule has 0 N–H and O–H groups in total. The third kappa shape index (κ3) is 3.32. The fourth-order valence-corrected chi connectivity index (χ4v) is 3.26. The van der Waals surface area contributed by atoms with Crippen molar-refractivity contribution in [2.75, 3.05) is 0 Å².